The van der Waals surface area contributed by atoms with E-state index in [1.807, 2.05) is 13.8 Å². The van der Waals surface area contributed by atoms with Crippen LogP contribution in [0.3, 0.4) is 0 Å². The van der Waals surface area contributed by atoms with E-state index in [1.54, 1.807) is 0 Å². The highest BCUT2D eigenvalue weighted by atomic mass is 16.7. The fourth-order valence-electron chi connectivity index (χ4n) is 4.94. The molecule has 11 heteroatoms. The van der Waals surface area contributed by atoms with Crippen LogP contribution in [-0.2, 0) is 33.3 Å². The number of aliphatic hydroxyl groups excluding tert-OH is 4. The van der Waals surface area contributed by atoms with E-state index < -0.39 is 49.6 Å². The van der Waals surface area contributed by atoms with E-state index >= 15 is 0 Å². The summed E-state index contributed by atoms with van der Waals surface area (Å²) in [6, 6.07) is 0. The summed E-state index contributed by atoms with van der Waals surface area (Å²) in [6.45, 7) is 4.34. The highest BCUT2D eigenvalue weighted by Crippen LogP contribution is 2.47. The number of ether oxygens (including phenoxy) is 5. The van der Waals surface area contributed by atoms with Crippen LogP contribution < -0.4 is 0 Å². The van der Waals surface area contributed by atoms with Crippen LogP contribution in [0, 0.1) is 23.7 Å². The minimum atomic E-state index is -1.51. The minimum absolute atomic E-state index is 0.0185. The van der Waals surface area contributed by atoms with Crippen molar-refractivity contribution >= 4 is 11.9 Å². The Morgan fingerprint density at radius 3 is 2.44 bits per heavy atom. The fraction of sp³-hybridized carbons (Fsp3) is 0.826. The molecule has 0 radical (unpaired) electrons. The second kappa shape index (κ2) is 11.8. The molecule has 0 aromatic rings. The third-order valence-electron chi connectivity index (χ3n) is 6.60. The molecule has 0 aromatic carbocycles. The first-order valence-corrected chi connectivity index (χ1v) is 11.7. The van der Waals surface area contributed by atoms with Gasteiger partial charge in [-0.05, 0) is 36.2 Å². The second-order valence-electron chi connectivity index (χ2n) is 9.58. The van der Waals surface area contributed by atoms with Gasteiger partial charge in [0.2, 0.25) is 6.29 Å². The van der Waals surface area contributed by atoms with Gasteiger partial charge in [-0.3, -0.25) is 9.59 Å². The summed E-state index contributed by atoms with van der Waals surface area (Å²) in [5.74, 6) is -1.36. The average molecular weight is 489 g/mol. The predicted molar refractivity (Wildman–Crippen MR) is 115 cm³/mol. The number of aliphatic hydroxyl groups is 4. The van der Waals surface area contributed by atoms with Crippen molar-refractivity contribution in [1.82, 2.24) is 0 Å². The van der Waals surface area contributed by atoms with E-state index in [2.05, 4.69) is 0 Å². The first-order chi connectivity index (χ1) is 16.2. The van der Waals surface area contributed by atoms with Gasteiger partial charge in [0.05, 0.1) is 19.5 Å². The summed E-state index contributed by atoms with van der Waals surface area (Å²) >= 11 is 0. The number of rotatable bonds is 9. The SMILES string of the molecule is CC(=O)O[C@H]1[C@H](OCC2=CO[C@@H](OC(=O)CC(C)C)[C@@H]3[C@@H](CO)CC[C@H]23)O[C@H](CO)[C@@H](O)[C@@H]1O. The van der Waals surface area contributed by atoms with Gasteiger partial charge in [0, 0.05) is 25.9 Å². The predicted octanol–water partition coefficient (Wildman–Crippen LogP) is -0.162. The monoisotopic (exact) mass is 488 g/mol. The van der Waals surface area contributed by atoms with Gasteiger partial charge >= 0.3 is 11.9 Å². The first kappa shape index (κ1) is 26.8. The Labute approximate surface area is 198 Å². The molecule has 2 fully saturated rings. The molecule has 2 aliphatic heterocycles. The van der Waals surface area contributed by atoms with Crippen molar-refractivity contribution in [2.75, 3.05) is 19.8 Å². The number of carbonyl (C=O) groups excluding carboxylic acids is 2. The van der Waals surface area contributed by atoms with Crippen LogP contribution >= 0.6 is 0 Å². The van der Waals surface area contributed by atoms with Crippen molar-refractivity contribution in [2.24, 2.45) is 23.7 Å². The number of hydrogen-bond acceptors (Lipinski definition) is 11. The number of carbonyl (C=O) groups is 2. The maximum absolute atomic E-state index is 12.2. The van der Waals surface area contributed by atoms with Crippen molar-refractivity contribution in [1.29, 1.82) is 0 Å². The Hall–Kier alpha value is -1.76. The maximum Gasteiger partial charge on any atom is 0.309 e. The van der Waals surface area contributed by atoms with Crippen molar-refractivity contribution in [3.8, 4) is 0 Å². The topological polar surface area (TPSA) is 161 Å². The quantitative estimate of drug-likeness (QED) is 0.319. The van der Waals surface area contributed by atoms with E-state index in [-0.39, 0.29) is 49.3 Å². The summed E-state index contributed by atoms with van der Waals surface area (Å²) in [5.41, 5.74) is 0.739. The Balaban J connectivity index is 1.71. The third kappa shape index (κ3) is 6.07. The first-order valence-electron chi connectivity index (χ1n) is 11.7. The molecular weight excluding hydrogens is 452 g/mol. The Bertz CT molecular complexity index is 738. The van der Waals surface area contributed by atoms with Crippen molar-refractivity contribution in [2.45, 2.75) is 77.0 Å². The number of hydrogen-bond donors (Lipinski definition) is 4. The lowest BCUT2D eigenvalue weighted by atomic mass is 9.83. The van der Waals surface area contributed by atoms with Crippen LogP contribution in [0.1, 0.15) is 40.0 Å². The number of esters is 2. The van der Waals surface area contributed by atoms with Gasteiger partial charge in [0.1, 0.15) is 18.3 Å². The third-order valence-corrected chi connectivity index (χ3v) is 6.60. The molecule has 1 aliphatic carbocycles. The summed E-state index contributed by atoms with van der Waals surface area (Å²) in [7, 11) is 0. The molecule has 0 amide bonds. The molecule has 34 heavy (non-hydrogen) atoms. The van der Waals surface area contributed by atoms with Gasteiger partial charge in [-0.1, -0.05) is 13.8 Å². The largest absolute Gasteiger partial charge is 0.462 e. The van der Waals surface area contributed by atoms with Crippen LogP contribution in [0.15, 0.2) is 11.8 Å². The van der Waals surface area contributed by atoms with Crippen LogP contribution in [0.2, 0.25) is 0 Å². The zero-order valence-electron chi connectivity index (χ0n) is 19.7. The fourth-order valence-corrected chi connectivity index (χ4v) is 4.94. The zero-order chi connectivity index (χ0) is 25.0. The molecule has 0 spiro atoms. The van der Waals surface area contributed by atoms with E-state index in [0.717, 1.165) is 25.3 Å². The zero-order valence-corrected chi connectivity index (χ0v) is 19.7. The normalized spacial score (nSPS) is 37.5. The molecular formula is C23H36O11. The molecule has 3 rings (SSSR count). The van der Waals surface area contributed by atoms with Gasteiger partial charge in [0.25, 0.3) is 0 Å². The molecule has 0 aromatic heterocycles. The van der Waals surface area contributed by atoms with Gasteiger partial charge in [-0.2, -0.15) is 0 Å². The van der Waals surface area contributed by atoms with Gasteiger partial charge in [-0.25, -0.2) is 0 Å². The molecule has 0 bridgehead atoms. The van der Waals surface area contributed by atoms with E-state index in [9.17, 15) is 30.0 Å². The lowest BCUT2D eigenvalue weighted by molar-refractivity contribution is -0.302. The second-order valence-corrected chi connectivity index (χ2v) is 9.58. The summed E-state index contributed by atoms with van der Waals surface area (Å²) in [4.78, 5) is 23.7. The van der Waals surface area contributed by atoms with Gasteiger partial charge < -0.3 is 44.1 Å². The smallest absolute Gasteiger partial charge is 0.309 e. The Morgan fingerprint density at radius 2 is 1.82 bits per heavy atom. The van der Waals surface area contributed by atoms with Crippen LogP contribution in [0.25, 0.3) is 0 Å². The Kier molecular flexibility index (Phi) is 9.30. The summed E-state index contributed by atoms with van der Waals surface area (Å²) < 4.78 is 27.8. The molecule has 2 heterocycles. The molecule has 11 nitrogen and oxygen atoms in total. The van der Waals surface area contributed by atoms with E-state index in [0.29, 0.717) is 0 Å². The molecule has 9 atom stereocenters. The van der Waals surface area contributed by atoms with E-state index in [4.69, 9.17) is 23.7 Å². The summed E-state index contributed by atoms with van der Waals surface area (Å²) in [6.07, 6.45) is -4.25. The molecule has 3 aliphatic rings. The Morgan fingerprint density at radius 1 is 1.09 bits per heavy atom. The highest BCUT2D eigenvalue weighted by Gasteiger charge is 2.49. The minimum Gasteiger partial charge on any atom is -0.462 e. The van der Waals surface area contributed by atoms with Crippen molar-refractivity contribution in [3.05, 3.63) is 11.8 Å². The molecule has 1 saturated carbocycles. The van der Waals surface area contributed by atoms with Crippen molar-refractivity contribution < 1.29 is 53.7 Å². The average Bonchev–Trinajstić information content (AvgIpc) is 3.21. The van der Waals surface area contributed by atoms with E-state index in [1.165, 1.54) is 6.26 Å². The lowest BCUT2D eigenvalue weighted by Gasteiger charge is -2.41. The van der Waals surface area contributed by atoms with Gasteiger partial charge in [0.15, 0.2) is 12.4 Å². The highest BCUT2D eigenvalue weighted by molar-refractivity contribution is 5.69. The number of fused-ring (bicyclic) bond motifs is 1. The van der Waals surface area contributed by atoms with Crippen molar-refractivity contribution in [3.63, 3.8) is 0 Å². The van der Waals surface area contributed by atoms with Crippen LogP contribution in [0.4, 0.5) is 0 Å². The summed E-state index contributed by atoms with van der Waals surface area (Å²) in [5, 5.41) is 39.8. The molecule has 4 N–H and O–H groups in total. The molecule has 1 saturated heterocycles. The molecule has 194 valence electrons. The maximum atomic E-state index is 12.2. The lowest BCUT2D eigenvalue weighted by Crippen LogP contribution is -2.60. The standard InChI is InChI=1S/C23H36O11/c1-11(2)6-17(27)34-22-18-13(7-24)4-5-15(18)14(9-30-22)10-31-23-21(32-12(3)26)20(29)19(28)16(8-25)33-23/h9,11,13,15-16,18-25,28-29H,4-8,10H2,1-3H3/t13-,15-,16-,18-,19-,20+,21-,22+,23-/m1/s1. The van der Waals surface area contributed by atoms with Gasteiger partial charge in [-0.15, -0.1) is 0 Å². The van der Waals surface area contributed by atoms with Crippen LogP contribution in [0.5, 0.6) is 0 Å². The molecule has 0 unspecified atom stereocenters. The van der Waals surface area contributed by atoms with Crippen LogP contribution in [-0.4, -0.2) is 89.2 Å².